The van der Waals surface area contributed by atoms with E-state index >= 15 is 0 Å². The van der Waals surface area contributed by atoms with Crippen LogP contribution in [-0.2, 0) is 9.53 Å². The summed E-state index contributed by atoms with van der Waals surface area (Å²) in [6.45, 7) is -0.276. The quantitative estimate of drug-likeness (QED) is 0.690. The van der Waals surface area contributed by atoms with Crippen LogP contribution in [0.3, 0.4) is 0 Å². The Hall–Kier alpha value is -1.51. The zero-order chi connectivity index (χ0) is 14.0. The van der Waals surface area contributed by atoms with Crippen molar-refractivity contribution in [3.63, 3.8) is 0 Å². The normalized spacial score (nSPS) is 27.9. The molecule has 1 heterocycles. The van der Waals surface area contributed by atoms with Crippen molar-refractivity contribution in [2.45, 2.75) is 19.1 Å². The van der Waals surface area contributed by atoms with Gasteiger partial charge in [0, 0.05) is 0 Å². The van der Waals surface area contributed by atoms with Gasteiger partial charge in [-0.15, -0.1) is 0 Å². The summed E-state index contributed by atoms with van der Waals surface area (Å²) >= 11 is 0. The predicted octanol–water partition coefficient (Wildman–Crippen LogP) is 0.338. The van der Waals surface area contributed by atoms with Crippen molar-refractivity contribution < 1.29 is 32.6 Å². The Morgan fingerprint density at radius 2 is 2.11 bits per heavy atom. The summed E-state index contributed by atoms with van der Waals surface area (Å²) in [4.78, 5) is 22.2. The molecule has 0 bridgehead atoms. The molecule has 3 N–H and O–H groups in total. The molecule has 0 aromatic heterocycles. The first-order valence-corrected chi connectivity index (χ1v) is 5.07. The molecular weight excluding hydrogens is 257 g/mol. The Morgan fingerprint density at radius 3 is 2.61 bits per heavy atom. The second-order valence-electron chi connectivity index (χ2n) is 4.23. The number of carboxylic acid groups (broad SMARTS) is 1. The second-order valence-corrected chi connectivity index (χ2v) is 4.23. The first-order chi connectivity index (χ1) is 8.15. The molecule has 0 saturated carbocycles. The van der Waals surface area contributed by atoms with Crippen LogP contribution in [0.15, 0.2) is 0 Å². The average molecular weight is 270 g/mol. The van der Waals surface area contributed by atoms with Crippen LogP contribution < -0.4 is 10.6 Å². The van der Waals surface area contributed by atoms with E-state index in [1.165, 1.54) is 6.92 Å². The number of ether oxygens (including phenoxy) is 1. The monoisotopic (exact) mass is 270 g/mol. The van der Waals surface area contributed by atoms with Crippen LogP contribution in [0.25, 0.3) is 0 Å². The highest BCUT2D eigenvalue weighted by atomic mass is 19.4. The third kappa shape index (κ3) is 3.49. The van der Waals surface area contributed by atoms with E-state index in [9.17, 15) is 22.8 Å². The first-order valence-electron chi connectivity index (χ1n) is 5.07. The Balaban J connectivity index is 2.52. The van der Waals surface area contributed by atoms with E-state index in [0.29, 0.717) is 0 Å². The van der Waals surface area contributed by atoms with E-state index in [-0.39, 0.29) is 13.2 Å². The maximum Gasteiger partial charge on any atom is 0.405 e. The van der Waals surface area contributed by atoms with Crippen molar-refractivity contribution in [2.24, 2.45) is 5.41 Å². The molecule has 0 aromatic rings. The number of hydrogen-bond acceptors (Lipinski definition) is 3. The Kier molecular flexibility index (Phi) is 4.05. The molecule has 1 fully saturated rings. The standard InChI is InChI=1S/C9H13F3N2O4/c1-8(6(15)16)4-18-2-5(8)14-7(17)13-3-9(10,11)12/h5H,2-4H2,1H3,(H,15,16)(H2,13,14,17). The van der Waals surface area contributed by atoms with Crippen LogP contribution in [0.1, 0.15) is 6.92 Å². The molecular formula is C9H13F3N2O4. The van der Waals surface area contributed by atoms with E-state index in [0.717, 1.165) is 0 Å². The van der Waals surface area contributed by atoms with Gasteiger partial charge in [0.15, 0.2) is 0 Å². The second kappa shape index (κ2) is 5.01. The number of carboxylic acids is 1. The van der Waals surface area contributed by atoms with Crippen molar-refractivity contribution >= 4 is 12.0 Å². The van der Waals surface area contributed by atoms with Crippen molar-refractivity contribution in [2.75, 3.05) is 19.8 Å². The zero-order valence-corrected chi connectivity index (χ0v) is 9.50. The molecule has 2 atom stereocenters. The topological polar surface area (TPSA) is 87.7 Å². The Bertz CT molecular complexity index is 347. The fraction of sp³-hybridized carbons (Fsp3) is 0.778. The Morgan fingerprint density at radius 1 is 1.50 bits per heavy atom. The molecule has 2 amide bonds. The summed E-state index contributed by atoms with van der Waals surface area (Å²) in [7, 11) is 0. The molecule has 1 saturated heterocycles. The van der Waals surface area contributed by atoms with Gasteiger partial charge < -0.3 is 20.5 Å². The van der Waals surface area contributed by atoms with Crippen LogP contribution in [0.4, 0.5) is 18.0 Å². The third-order valence-corrected chi connectivity index (χ3v) is 2.70. The van der Waals surface area contributed by atoms with Gasteiger partial charge in [0.05, 0.1) is 19.3 Å². The van der Waals surface area contributed by atoms with Crippen LogP contribution >= 0.6 is 0 Å². The van der Waals surface area contributed by atoms with Crippen molar-refractivity contribution in [3.05, 3.63) is 0 Å². The van der Waals surface area contributed by atoms with Gasteiger partial charge in [-0.3, -0.25) is 4.79 Å². The van der Waals surface area contributed by atoms with Gasteiger partial charge in [0.25, 0.3) is 0 Å². The van der Waals surface area contributed by atoms with Gasteiger partial charge in [-0.05, 0) is 6.92 Å². The number of aliphatic carboxylic acids is 1. The first kappa shape index (κ1) is 14.6. The van der Waals surface area contributed by atoms with Crippen molar-refractivity contribution in [3.8, 4) is 0 Å². The summed E-state index contributed by atoms with van der Waals surface area (Å²) in [5.41, 5.74) is -1.34. The fourth-order valence-corrected chi connectivity index (χ4v) is 1.47. The minimum absolute atomic E-state index is 0.0533. The predicted molar refractivity (Wildman–Crippen MR) is 52.9 cm³/mol. The Labute approximate surface area is 100 Å². The summed E-state index contributed by atoms with van der Waals surface area (Å²) in [5, 5.41) is 12.8. The van der Waals surface area contributed by atoms with Crippen molar-refractivity contribution in [1.82, 2.24) is 10.6 Å². The molecule has 9 heteroatoms. The number of halogens is 3. The smallest absolute Gasteiger partial charge is 0.405 e. The van der Waals surface area contributed by atoms with Gasteiger partial charge >= 0.3 is 18.2 Å². The minimum atomic E-state index is -4.51. The molecule has 1 aliphatic rings. The van der Waals surface area contributed by atoms with E-state index < -0.39 is 36.2 Å². The lowest BCUT2D eigenvalue weighted by atomic mass is 9.85. The largest absolute Gasteiger partial charge is 0.481 e. The van der Waals surface area contributed by atoms with Crippen LogP contribution in [-0.4, -0.2) is 49.1 Å². The number of amides is 2. The number of rotatable bonds is 3. The highest BCUT2D eigenvalue weighted by Crippen LogP contribution is 2.28. The fourth-order valence-electron chi connectivity index (χ4n) is 1.47. The van der Waals surface area contributed by atoms with Gasteiger partial charge in [-0.1, -0.05) is 0 Å². The lowest BCUT2D eigenvalue weighted by molar-refractivity contribution is -0.148. The van der Waals surface area contributed by atoms with E-state index in [1.807, 2.05) is 0 Å². The van der Waals surface area contributed by atoms with E-state index in [1.54, 1.807) is 5.32 Å². The van der Waals surface area contributed by atoms with E-state index in [2.05, 4.69) is 5.32 Å². The number of urea groups is 1. The highest BCUT2D eigenvalue weighted by molar-refractivity contribution is 5.79. The number of carbonyl (C=O) groups excluding carboxylic acids is 1. The molecule has 6 nitrogen and oxygen atoms in total. The third-order valence-electron chi connectivity index (χ3n) is 2.70. The maximum atomic E-state index is 11.8. The molecule has 18 heavy (non-hydrogen) atoms. The molecule has 0 aromatic carbocycles. The molecule has 0 spiro atoms. The van der Waals surface area contributed by atoms with Gasteiger partial charge in [-0.2, -0.15) is 13.2 Å². The molecule has 1 rings (SSSR count). The van der Waals surface area contributed by atoms with Crippen molar-refractivity contribution in [1.29, 1.82) is 0 Å². The van der Waals surface area contributed by atoms with Crippen LogP contribution in [0.5, 0.6) is 0 Å². The summed E-state index contributed by atoms with van der Waals surface area (Å²) in [5.74, 6) is -1.18. The molecule has 0 radical (unpaired) electrons. The van der Waals surface area contributed by atoms with Gasteiger partial charge in [0.2, 0.25) is 0 Å². The van der Waals surface area contributed by atoms with Crippen LogP contribution in [0, 0.1) is 5.41 Å². The van der Waals surface area contributed by atoms with Gasteiger partial charge in [0.1, 0.15) is 12.0 Å². The molecule has 0 aliphatic carbocycles. The summed E-state index contributed by atoms with van der Waals surface area (Å²) in [6.07, 6.45) is -4.51. The highest BCUT2D eigenvalue weighted by Gasteiger charge is 2.47. The molecule has 1 aliphatic heterocycles. The average Bonchev–Trinajstić information content (AvgIpc) is 2.58. The van der Waals surface area contributed by atoms with Gasteiger partial charge in [-0.25, -0.2) is 4.79 Å². The number of hydrogen-bond donors (Lipinski definition) is 3. The maximum absolute atomic E-state index is 11.8. The number of alkyl halides is 3. The summed E-state index contributed by atoms with van der Waals surface area (Å²) < 4.78 is 40.5. The number of nitrogens with one attached hydrogen (secondary N) is 2. The van der Waals surface area contributed by atoms with Crippen LogP contribution in [0.2, 0.25) is 0 Å². The number of carbonyl (C=O) groups is 2. The summed E-state index contributed by atoms with van der Waals surface area (Å²) in [6, 6.07) is -1.95. The SMILES string of the molecule is CC1(C(=O)O)COCC1NC(=O)NCC(F)(F)F. The lowest BCUT2D eigenvalue weighted by Crippen LogP contribution is -2.53. The minimum Gasteiger partial charge on any atom is -0.481 e. The lowest BCUT2D eigenvalue weighted by Gasteiger charge is -2.25. The molecule has 104 valence electrons. The van der Waals surface area contributed by atoms with E-state index in [4.69, 9.17) is 9.84 Å². The molecule has 2 unspecified atom stereocenters. The zero-order valence-electron chi connectivity index (χ0n) is 9.50.